The third kappa shape index (κ3) is 4.09. The van der Waals surface area contributed by atoms with Crippen LogP contribution in [0.4, 0.5) is 5.88 Å². The molecule has 4 saturated carbocycles. The summed E-state index contributed by atoms with van der Waals surface area (Å²) in [6.45, 7) is 2.55. The van der Waals surface area contributed by atoms with Gasteiger partial charge in [-0.05, 0) is 68.4 Å². The zero-order valence-corrected chi connectivity index (χ0v) is 19.9. The van der Waals surface area contributed by atoms with Gasteiger partial charge in [-0.25, -0.2) is 0 Å². The molecule has 1 saturated heterocycles. The van der Waals surface area contributed by atoms with Gasteiger partial charge >= 0.3 is 0 Å². The average molecular weight is 478 g/mol. The Balaban J connectivity index is 0.996. The molecule has 4 bridgehead atoms. The predicted octanol–water partition coefficient (Wildman–Crippen LogP) is 3.18. The van der Waals surface area contributed by atoms with E-state index in [9.17, 15) is 14.9 Å². The summed E-state index contributed by atoms with van der Waals surface area (Å²) in [7, 11) is 0. The molecule has 7 rings (SSSR count). The molecule has 0 atom stereocenters. The van der Waals surface area contributed by atoms with E-state index in [1.807, 2.05) is 9.80 Å². The zero-order chi connectivity index (χ0) is 24.0. The van der Waals surface area contributed by atoms with E-state index in [-0.39, 0.29) is 28.8 Å². The average Bonchev–Trinajstić information content (AvgIpc) is 3.53. The van der Waals surface area contributed by atoms with E-state index < -0.39 is 0 Å². The van der Waals surface area contributed by atoms with E-state index >= 15 is 0 Å². The number of hydrogen-bond acceptors (Lipinski definition) is 7. The minimum absolute atomic E-state index is 0.0461. The molecule has 2 aromatic heterocycles. The lowest BCUT2D eigenvalue weighted by Crippen LogP contribution is -2.54. The number of rotatable bonds is 6. The number of furan rings is 1. The van der Waals surface area contributed by atoms with Crippen molar-refractivity contribution >= 4 is 17.7 Å². The number of nitriles is 1. The van der Waals surface area contributed by atoms with E-state index in [1.165, 1.54) is 25.5 Å². The molecular weight excluding hydrogens is 446 g/mol. The molecule has 5 fully saturated rings. The number of anilines is 1. The van der Waals surface area contributed by atoms with E-state index in [4.69, 9.17) is 8.83 Å². The molecule has 9 heteroatoms. The lowest BCUT2D eigenvalue weighted by Gasteiger charge is -2.55. The van der Waals surface area contributed by atoms with Crippen molar-refractivity contribution in [3.63, 3.8) is 0 Å². The number of piperazine rings is 1. The zero-order valence-electron chi connectivity index (χ0n) is 19.9. The van der Waals surface area contributed by atoms with Crippen molar-refractivity contribution < 1.29 is 18.4 Å². The molecule has 1 N–H and O–H groups in total. The quantitative estimate of drug-likeness (QED) is 0.679. The topological polar surface area (TPSA) is 116 Å². The first-order chi connectivity index (χ1) is 17.0. The fraction of sp³-hybridized carbons (Fsp3) is 0.615. The highest BCUT2D eigenvalue weighted by Crippen LogP contribution is 2.60. The lowest BCUT2D eigenvalue weighted by molar-refractivity contribution is -0.146. The van der Waals surface area contributed by atoms with Crippen LogP contribution in [0.1, 0.15) is 50.6 Å². The van der Waals surface area contributed by atoms with E-state index in [2.05, 4.69) is 16.4 Å². The van der Waals surface area contributed by atoms with Gasteiger partial charge in [0.2, 0.25) is 23.4 Å². The number of aromatic nitrogens is 1. The minimum atomic E-state index is -0.173. The van der Waals surface area contributed by atoms with Crippen LogP contribution >= 0.6 is 0 Å². The SMILES string of the molecule is N#Cc1nc(-c2ccco2)oc1N1CCN(C(=O)CCNC(=O)C23CC4CC(CC(C4)C2)C3)CC1. The van der Waals surface area contributed by atoms with Gasteiger partial charge in [0.25, 0.3) is 5.89 Å². The van der Waals surface area contributed by atoms with Gasteiger partial charge in [-0.1, -0.05) is 0 Å². The number of amides is 2. The molecule has 1 aliphatic heterocycles. The molecule has 5 aliphatic rings. The molecule has 4 aliphatic carbocycles. The Hall–Kier alpha value is -3.28. The Labute approximate surface area is 204 Å². The summed E-state index contributed by atoms with van der Waals surface area (Å²) in [4.78, 5) is 33.9. The van der Waals surface area contributed by atoms with Crippen LogP contribution in [0, 0.1) is 34.5 Å². The van der Waals surface area contributed by atoms with Gasteiger partial charge in [0.05, 0.1) is 6.26 Å². The predicted molar refractivity (Wildman–Crippen MR) is 126 cm³/mol. The van der Waals surface area contributed by atoms with Crippen molar-refractivity contribution in [3.8, 4) is 17.7 Å². The highest BCUT2D eigenvalue weighted by atomic mass is 16.4. The van der Waals surface area contributed by atoms with Crippen LogP contribution in [0.25, 0.3) is 11.7 Å². The second-order valence-corrected chi connectivity index (χ2v) is 10.8. The molecule has 3 heterocycles. The fourth-order valence-corrected chi connectivity index (χ4v) is 7.28. The molecule has 0 radical (unpaired) electrons. The number of hydrogen-bond donors (Lipinski definition) is 1. The summed E-state index contributed by atoms with van der Waals surface area (Å²) in [5.41, 5.74) is 0.0385. The Morgan fingerprint density at radius 3 is 2.40 bits per heavy atom. The van der Waals surface area contributed by atoms with Crippen molar-refractivity contribution in [2.45, 2.75) is 44.9 Å². The third-order valence-electron chi connectivity index (χ3n) is 8.51. The van der Waals surface area contributed by atoms with Gasteiger partial charge in [-0.3, -0.25) is 9.59 Å². The summed E-state index contributed by atoms with van der Waals surface area (Å²) in [5, 5.41) is 12.6. The summed E-state index contributed by atoms with van der Waals surface area (Å²) in [5.74, 6) is 3.56. The van der Waals surface area contributed by atoms with Gasteiger partial charge in [-0.15, -0.1) is 0 Å². The number of nitrogens with zero attached hydrogens (tertiary/aromatic N) is 4. The van der Waals surface area contributed by atoms with Crippen molar-refractivity contribution in [2.75, 3.05) is 37.6 Å². The molecule has 2 aromatic rings. The number of oxazole rings is 1. The minimum Gasteiger partial charge on any atom is -0.459 e. The van der Waals surface area contributed by atoms with Gasteiger partial charge in [0, 0.05) is 44.6 Å². The summed E-state index contributed by atoms with van der Waals surface area (Å²) in [6, 6.07) is 5.55. The summed E-state index contributed by atoms with van der Waals surface area (Å²) < 4.78 is 11.1. The van der Waals surface area contributed by atoms with Crippen LogP contribution in [0.3, 0.4) is 0 Å². The third-order valence-corrected chi connectivity index (χ3v) is 8.51. The number of nitrogens with one attached hydrogen (secondary N) is 1. The fourth-order valence-electron chi connectivity index (χ4n) is 7.28. The van der Waals surface area contributed by atoms with Crippen LogP contribution < -0.4 is 10.2 Å². The molecular formula is C26H31N5O4. The Morgan fingerprint density at radius 1 is 1.11 bits per heavy atom. The molecule has 0 aromatic carbocycles. The molecule has 184 valence electrons. The van der Waals surface area contributed by atoms with Crippen molar-refractivity contribution in [1.29, 1.82) is 5.26 Å². The largest absolute Gasteiger partial charge is 0.459 e. The van der Waals surface area contributed by atoms with Gasteiger partial charge in [-0.2, -0.15) is 10.2 Å². The maximum absolute atomic E-state index is 13.1. The first-order valence-corrected chi connectivity index (χ1v) is 12.8. The van der Waals surface area contributed by atoms with Gasteiger partial charge in [0.15, 0.2) is 5.76 Å². The van der Waals surface area contributed by atoms with E-state index in [0.717, 1.165) is 37.0 Å². The lowest BCUT2D eigenvalue weighted by atomic mass is 9.49. The maximum atomic E-state index is 13.1. The molecule has 0 spiro atoms. The first-order valence-electron chi connectivity index (χ1n) is 12.8. The van der Waals surface area contributed by atoms with Gasteiger partial charge < -0.3 is 24.0 Å². The second-order valence-electron chi connectivity index (χ2n) is 10.8. The molecule has 0 unspecified atom stereocenters. The highest BCUT2D eigenvalue weighted by Gasteiger charge is 2.54. The van der Waals surface area contributed by atoms with Crippen molar-refractivity contribution in [2.24, 2.45) is 23.2 Å². The molecule has 35 heavy (non-hydrogen) atoms. The molecule has 2 amide bonds. The van der Waals surface area contributed by atoms with Crippen LogP contribution in [-0.2, 0) is 9.59 Å². The second kappa shape index (κ2) is 8.74. The maximum Gasteiger partial charge on any atom is 0.266 e. The molecule has 9 nitrogen and oxygen atoms in total. The Kier molecular flexibility index (Phi) is 5.54. The van der Waals surface area contributed by atoms with E-state index in [0.29, 0.717) is 50.8 Å². The van der Waals surface area contributed by atoms with Crippen molar-refractivity contribution in [3.05, 3.63) is 24.1 Å². The summed E-state index contributed by atoms with van der Waals surface area (Å²) in [6.07, 6.45) is 8.88. The van der Waals surface area contributed by atoms with Crippen molar-refractivity contribution in [1.82, 2.24) is 15.2 Å². The highest BCUT2D eigenvalue weighted by molar-refractivity contribution is 5.84. The van der Waals surface area contributed by atoms with E-state index in [1.54, 1.807) is 12.1 Å². The number of carbonyl (C=O) groups excluding carboxylic acids is 2. The van der Waals surface area contributed by atoms with Gasteiger partial charge in [0.1, 0.15) is 6.07 Å². The standard InChI is InChI=1S/C26H31N5O4/c27-16-20-24(35-23(29-20)21-2-1-9-34-21)31-7-5-30(6-8-31)22(32)3-4-28-25(33)26-13-17-10-18(14-26)12-19(11-17)15-26/h1-2,9,17-19H,3-8,10-15H2,(H,28,33). The number of carbonyl (C=O) groups is 2. The van der Waals surface area contributed by atoms with Crippen LogP contribution in [0.15, 0.2) is 27.2 Å². The normalized spacial score (nSPS) is 29.3. The smallest absolute Gasteiger partial charge is 0.266 e. The Bertz CT molecular complexity index is 1100. The first kappa shape index (κ1) is 22.2. The van der Waals surface area contributed by atoms with Crippen LogP contribution in [-0.4, -0.2) is 54.4 Å². The van der Waals surface area contributed by atoms with Crippen LogP contribution in [0.5, 0.6) is 0 Å². The Morgan fingerprint density at radius 2 is 1.80 bits per heavy atom. The monoisotopic (exact) mass is 477 g/mol. The summed E-state index contributed by atoms with van der Waals surface area (Å²) >= 11 is 0. The van der Waals surface area contributed by atoms with Crippen LogP contribution in [0.2, 0.25) is 0 Å².